The van der Waals surface area contributed by atoms with Crippen LogP contribution in [0.3, 0.4) is 0 Å². The van der Waals surface area contributed by atoms with E-state index in [1.165, 1.54) is 38.5 Å². The highest BCUT2D eigenvalue weighted by Gasteiger charge is 2.24. The van der Waals surface area contributed by atoms with Gasteiger partial charge in [-0.2, -0.15) is 0 Å². The minimum Gasteiger partial charge on any atom is -0.299 e. The van der Waals surface area contributed by atoms with E-state index in [4.69, 9.17) is 6.42 Å². The van der Waals surface area contributed by atoms with Gasteiger partial charge < -0.3 is 0 Å². The summed E-state index contributed by atoms with van der Waals surface area (Å²) >= 11 is 0. The summed E-state index contributed by atoms with van der Waals surface area (Å²) in [4.78, 5) is 0. The van der Waals surface area contributed by atoms with Gasteiger partial charge in [-0.3, -0.25) is 5.32 Å². The second kappa shape index (κ2) is 5.56. The third-order valence-corrected chi connectivity index (χ3v) is 3.47. The molecule has 1 saturated carbocycles. The molecule has 0 aromatic heterocycles. The Bertz CT molecular complexity index is 216. The maximum Gasteiger partial charge on any atom is 0.0743 e. The lowest BCUT2D eigenvalue weighted by Gasteiger charge is -2.33. The van der Waals surface area contributed by atoms with Crippen molar-refractivity contribution in [1.29, 1.82) is 0 Å². The van der Waals surface area contributed by atoms with E-state index in [0.29, 0.717) is 6.04 Å². The van der Waals surface area contributed by atoms with E-state index in [1.54, 1.807) is 0 Å². The van der Waals surface area contributed by atoms with E-state index in [0.717, 1.165) is 5.92 Å². The summed E-state index contributed by atoms with van der Waals surface area (Å²) in [5, 5.41) is 3.57. The molecular weight excluding hydrogens is 182 g/mol. The van der Waals surface area contributed by atoms with Crippen molar-refractivity contribution in [2.75, 3.05) is 0 Å². The molecule has 0 bridgehead atoms. The van der Waals surface area contributed by atoms with Gasteiger partial charge in [-0.05, 0) is 45.4 Å². The largest absolute Gasteiger partial charge is 0.299 e. The van der Waals surface area contributed by atoms with Crippen LogP contribution < -0.4 is 5.32 Å². The fourth-order valence-corrected chi connectivity index (χ4v) is 2.56. The van der Waals surface area contributed by atoms with Crippen molar-refractivity contribution >= 4 is 0 Å². The number of hydrogen-bond donors (Lipinski definition) is 1. The quantitative estimate of drug-likeness (QED) is 0.697. The first kappa shape index (κ1) is 12.6. The average molecular weight is 207 g/mol. The van der Waals surface area contributed by atoms with Crippen molar-refractivity contribution in [3.05, 3.63) is 0 Å². The van der Waals surface area contributed by atoms with Crippen LogP contribution in [-0.2, 0) is 0 Å². The van der Waals surface area contributed by atoms with Crippen LogP contribution >= 0.6 is 0 Å². The van der Waals surface area contributed by atoms with Crippen LogP contribution in [0.2, 0.25) is 0 Å². The topological polar surface area (TPSA) is 12.0 Å². The van der Waals surface area contributed by atoms with Crippen LogP contribution in [0.25, 0.3) is 0 Å². The first-order chi connectivity index (χ1) is 7.07. The van der Waals surface area contributed by atoms with E-state index in [9.17, 15) is 0 Å². The van der Waals surface area contributed by atoms with Crippen LogP contribution in [0, 0.1) is 18.3 Å². The smallest absolute Gasteiger partial charge is 0.0743 e. The molecule has 1 aliphatic rings. The predicted octanol–water partition coefficient (Wildman–Crippen LogP) is 3.35. The third kappa shape index (κ3) is 4.26. The van der Waals surface area contributed by atoms with E-state index >= 15 is 0 Å². The Balaban J connectivity index is 2.29. The Morgan fingerprint density at radius 2 is 1.87 bits per heavy atom. The Hall–Kier alpha value is -0.480. The highest BCUT2D eigenvalue weighted by atomic mass is 15.0. The summed E-state index contributed by atoms with van der Waals surface area (Å²) in [6.07, 6.45) is 13.6. The molecule has 86 valence electrons. The molecule has 0 unspecified atom stereocenters. The zero-order chi connectivity index (χ0) is 11.3. The maximum absolute atomic E-state index is 5.49. The minimum atomic E-state index is -0.137. The van der Waals surface area contributed by atoms with Gasteiger partial charge in [-0.1, -0.05) is 25.7 Å². The average Bonchev–Trinajstić information content (AvgIpc) is 2.21. The molecule has 1 nitrogen and oxygen atoms in total. The highest BCUT2D eigenvalue weighted by molar-refractivity contribution is 5.08. The van der Waals surface area contributed by atoms with Crippen molar-refractivity contribution in [2.45, 2.75) is 70.9 Å². The second-order valence-corrected chi connectivity index (χ2v) is 5.42. The van der Waals surface area contributed by atoms with Gasteiger partial charge in [-0.15, -0.1) is 6.42 Å². The molecule has 1 rings (SSSR count). The second-order valence-electron chi connectivity index (χ2n) is 5.42. The van der Waals surface area contributed by atoms with Gasteiger partial charge in [0.25, 0.3) is 0 Å². The van der Waals surface area contributed by atoms with Gasteiger partial charge in [-0.25, -0.2) is 0 Å². The monoisotopic (exact) mass is 207 g/mol. The van der Waals surface area contributed by atoms with Gasteiger partial charge in [0.15, 0.2) is 0 Å². The van der Waals surface area contributed by atoms with Gasteiger partial charge in [0, 0.05) is 6.04 Å². The predicted molar refractivity (Wildman–Crippen MR) is 66.7 cm³/mol. The van der Waals surface area contributed by atoms with Gasteiger partial charge >= 0.3 is 0 Å². The Morgan fingerprint density at radius 3 is 2.33 bits per heavy atom. The Morgan fingerprint density at radius 1 is 1.27 bits per heavy atom. The zero-order valence-corrected chi connectivity index (χ0v) is 10.5. The molecule has 15 heavy (non-hydrogen) atoms. The summed E-state index contributed by atoms with van der Waals surface area (Å²) < 4.78 is 0. The van der Waals surface area contributed by atoms with Crippen LogP contribution in [0.1, 0.15) is 59.3 Å². The van der Waals surface area contributed by atoms with Gasteiger partial charge in [0.1, 0.15) is 0 Å². The lowest BCUT2D eigenvalue weighted by atomic mass is 9.83. The molecule has 0 aromatic rings. The number of nitrogens with one attached hydrogen (secondary N) is 1. The first-order valence-corrected chi connectivity index (χ1v) is 6.33. The molecule has 1 aliphatic carbocycles. The van der Waals surface area contributed by atoms with Crippen LogP contribution in [-0.4, -0.2) is 11.6 Å². The summed E-state index contributed by atoms with van der Waals surface area (Å²) in [6.45, 7) is 6.46. The molecule has 1 N–H and O–H groups in total. The summed E-state index contributed by atoms with van der Waals surface area (Å²) in [5.74, 6) is 3.79. The highest BCUT2D eigenvalue weighted by Crippen LogP contribution is 2.28. The Kier molecular flexibility index (Phi) is 4.67. The molecule has 1 fully saturated rings. The number of hydrogen-bond acceptors (Lipinski definition) is 1. The van der Waals surface area contributed by atoms with Crippen molar-refractivity contribution < 1.29 is 0 Å². The maximum atomic E-state index is 5.49. The summed E-state index contributed by atoms with van der Waals surface area (Å²) in [5.41, 5.74) is -0.137. The van der Waals surface area contributed by atoms with Crippen molar-refractivity contribution in [3.8, 4) is 12.3 Å². The van der Waals surface area contributed by atoms with Crippen molar-refractivity contribution in [1.82, 2.24) is 5.32 Å². The molecule has 0 aromatic carbocycles. The van der Waals surface area contributed by atoms with Crippen LogP contribution in [0.15, 0.2) is 0 Å². The molecule has 0 radical (unpaired) electrons. The summed E-state index contributed by atoms with van der Waals surface area (Å²) in [7, 11) is 0. The van der Waals surface area contributed by atoms with E-state index in [2.05, 4.69) is 32.0 Å². The van der Waals surface area contributed by atoms with E-state index in [-0.39, 0.29) is 5.54 Å². The molecule has 0 atom stereocenters. The first-order valence-electron chi connectivity index (χ1n) is 6.33. The van der Waals surface area contributed by atoms with Crippen LogP contribution in [0.5, 0.6) is 0 Å². The van der Waals surface area contributed by atoms with E-state index in [1.807, 2.05) is 0 Å². The fraction of sp³-hybridized carbons (Fsp3) is 0.857. The number of rotatable bonds is 4. The molecule has 0 aliphatic heterocycles. The molecule has 0 heterocycles. The number of terminal acetylenes is 1. The molecule has 0 saturated heterocycles. The van der Waals surface area contributed by atoms with Crippen molar-refractivity contribution in [2.24, 2.45) is 5.92 Å². The molecule has 1 heteroatoms. The fourth-order valence-electron chi connectivity index (χ4n) is 2.56. The SMILES string of the molecule is C#CC(C)(C)NC1CCC(CCC)CC1. The third-order valence-electron chi connectivity index (χ3n) is 3.47. The Labute approximate surface area is 95.0 Å². The zero-order valence-electron chi connectivity index (χ0n) is 10.5. The van der Waals surface area contributed by atoms with Crippen molar-refractivity contribution in [3.63, 3.8) is 0 Å². The molecule has 0 amide bonds. The van der Waals surface area contributed by atoms with Gasteiger partial charge in [0.05, 0.1) is 5.54 Å². The van der Waals surface area contributed by atoms with Gasteiger partial charge in [0.2, 0.25) is 0 Å². The van der Waals surface area contributed by atoms with Crippen LogP contribution in [0.4, 0.5) is 0 Å². The lowest BCUT2D eigenvalue weighted by Crippen LogP contribution is -2.46. The molecule has 0 spiro atoms. The molecular formula is C14H25N. The minimum absolute atomic E-state index is 0.137. The normalized spacial score (nSPS) is 27.3. The summed E-state index contributed by atoms with van der Waals surface area (Å²) in [6, 6.07) is 0.643. The van der Waals surface area contributed by atoms with E-state index < -0.39 is 0 Å². The lowest BCUT2D eigenvalue weighted by molar-refractivity contribution is 0.255. The standard InChI is InChI=1S/C14H25N/c1-5-7-12-8-10-13(11-9-12)15-14(3,4)6-2/h2,12-13,15H,5,7-11H2,1,3-4H3.